The van der Waals surface area contributed by atoms with Crippen molar-refractivity contribution >= 4 is 46.3 Å². The van der Waals surface area contributed by atoms with E-state index in [-0.39, 0.29) is 11.6 Å². The molecule has 0 saturated carbocycles. The average molecular weight is 373 g/mol. The molecule has 0 aliphatic heterocycles. The maximum Gasteiger partial charge on any atom is 0.275 e. The van der Waals surface area contributed by atoms with E-state index < -0.39 is 0 Å². The highest BCUT2D eigenvalue weighted by atomic mass is 35.5. The van der Waals surface area contributed by atoms with Crippen molar-refractivity contribution in [2.24, 2.45) is 0 Å². The van der Waals surface area contributed by atoms with Gasteiger partial charge in [-0.05, 0) is 42.8 Å². The minimum absolute atomic E-state index is 0.202. The number of nitrogens with one attached hydrogen (secondary N) is 2. The van der Waals surface area contributed by atoms with Crippen molar-refractivity contribution in [2.75, 3.05) is 10.6 Å². The molecule has 7 heteroatoms. The first kappa shape index (κ1) is 17.2. The molecule has 0 spiro atoms. The van der Waals surface area contributed by atoms with Gasteiger partial charge in [0.05, 0.1) is 12.4 Å². The molecule has 3 rings (SSSR count). The summed E-state index contributed by atoms with van der Waals surface area (Å²) >= 11 is 12.0. The number of hydrogen-bond donors (Lipinski definition) is 2. The van der Waals surface area contributed by atoms with Gasteiger partial charge in [-0.1, -0.05) is 35.3 Å². The molecule has 1 heterocycles. The van der Waals surface area contributed by atoms with Gasteiger partial charge in [-0.15, -0.1) is 0 Å². The molecule has 2 aromatic carbocycles. The SMILES string of the molecule is Cc1ccc(NC(=O)c2cnc(Nc3cccc(Cl)c3)cn2)cc1Cl. The van der Waals surface area contributed by atoms with Gasteiger partial charge in [-0.3, -0.25) is 4.79 Å². The normalized spacial score (nSPS) is 10.4. The van der Waals surface area contributed by atoms with Gasteiger partial charge in [-0.25, -0.2) is 9.97 Å². The quantitative estimate of drug-likeness (QED) is 0.669. The number of carbonyl (C=O) groups is 1. The standard InChI is InChI=1S/C18H14Cl2N4O/c1-11-5-6-14(8-15(11)20)24-18(25)16-9-22-17(10-21-16)23-13-4-2-3-12(19)7-13/h2-10H,1H3,(H,22,23)(H,24,25). The number of amides is 1. The zero-order valence-corrected chi connectivity index (χ0v) is 14.8. The second-order valence-corrected chi connectivity index (χ2v) is 6.18. The number of nitrogens with zero attached hydrogens (tertiary/aromatic N) is 2. The zero-order chi connectivity index (χ0) is 17.8. The monoisotopic (exact) mass is 372 g/mol. The van der Waals surface area contributed by atoms with Crippen LogP contribution < -0.4 is 10.6 Å². The Kier molecular flexibility index (Phi) is 5.16. The van der Waals surface area contributed by atoms with E-state index >= 15 is 0 Å². The Morgan fingerprint density at radius 2 is 1.84 bits per heavy atom. The Balaban J connectivity index is 1.68. The third-order valence-electron chi connectivity index (χ3n) is 3.41. The van der Waals surface area contributed by atoms with E-state index in [0.717, 1.165) is 11.3 Å². The second kappa shape index (κ2) is 7.51. The molecule has 0 fully saturated rings. The fourth-order valence-corrected chi connectivity index (χ4v) is 2.46. The van der Waals surface area contributed by atoms with Crippen LogP contribution in [0.5, 0.6) is 0 Å². The fraction of sp³-hybridized carbons (Fsp3) is 0.0556. The third-order valence-corrected chi connectivity index (χ3v) is 4.05. The van der Waals surface area contributed by atoms with Gasteiger partial charge in [0, 0.05) is 21.4 Å². The van der Waals surface area contributed by atoms with Gasteiger partial charge in [0.25, 0.3) is 5.91 Å². The molecule has 126 valence electrons. The van der Waals surface area contributed by atoms with Crippen LogP contribution in [0.25, 0.3) is 0 Å². The molecule has 1 aromatic heterocycles. The molecule has 25 heavy (non-hydrogen) atoms. The molecule has 0 radical (unpaired) electrons. The molecule has 0 atom stereocenters. The van der Waals surface area contributed by atoms with Crippen LogP contribution in [0.1, 0.15) is 16.1 Å². The number of anilines is 3. The van der Waals surface area contributed by atoms with Crippen LogP contribution in [0.2, 0.25) is 10.0 Å². The first-order valence-electron chi connectivity index (χ1n) is 7.43. The Hall–Kier alpha value is -2.63. The summed E-state index contributed by atoms with van der Waals surface area (Å²) in [6.07, 6.45) is 2.88. The zero-order valence-electron chi connectivity index (χ0n) is 13.3. The maximum absolute atomic E-state index is 12.2. The predicted octanol–water partition coefficient (Wildman–Crippen LogP) is 5.09. The van der Waals surface area contributed by atoms with Crippen LogP contribution in [0.4, 0.5) is 17.2 Å². The highest BCUT2D eigenvalue weighted by molar-refractivity contribution is 6.31. The molecular weight excluding hydrogens is 359 g/mol. The first-order valence-corrected chi connectivity index (χ1v) is 8.19. The van der Waals surface area contributed by atoms with Crippen molar-refractivity contribution in [3.8, 4) is 0 Å². The van der Waals surface area contributed by atoms with Crippen molar-refractivity contribution in [3.05, 3.63) is 76.2 Å². The highest BCUT2D eigenvalue weighted by Crippen LogP contribution is 2.21. The van der Waals surface area contributed by atoms with Crippen LogP contribution in [0.3, 0.4) is 0 Å². The second-order valence-electron chi connectivity index (χ2n) is 5.34. The molecule has 0 unspecified atom stereocenters. The van der Waals surface area contributed by atoms with Crippen LogP contribution in [0, 0.1) is 6.92 Å². The predicted molar refractivity (Wildman–Crippen MR) is 101 cm³/mol. The Morgan fingerprint density at radius 1 is 1.00 bits per heavy atom. The van der Waals surface area contributed by atoms with Crippen LogP contribution >= 0.6 is 23.2 Å². The largest absolute Gasteiger partial charge is 0.339 e. The lowest BCUT2D eigenvalue weighted by Crippen LogP contribution is -2.14. The lowest BCUT2D eigenvalue weighted by Gasteiger charge is -2.08. The maximum atomic E-state index is 12.2. The summed E-state index contributed by atoms with van der Waals surface area (Å²) in [6.45, 7) is 1.89. The summed E-state index contributed by atoms with van der Waals surface area (Å²) in [6, 6.07) is 12.5. The van der Waals surface area contributed by atoms with Crippen molar-refractivity contribution < 1.29 is 4.79 Å². The Bertz CT molecular complexity index is 913. The van der Waals surface area contributed by atoms with Gasteiger partial charge >= 0.3 is 0 Å². The van der Waals surface area contributed by atoms with E-state index in [1.54, 1.807) is 24.3 Å². The minimum Gasteiger partial charge on any atom is -0.339 e. The molecule has 3 aromatic rings. The number of hydrogen-bond acceptors (Lipinski definition) is 4. The van der Waals surface area contributed by atoms with Crippen molar-refractivity contribution in [1.29, 1.82) is 0 Å². The summed E-state index contributed by atoms with van der Waals surface area (Å²) in [7, 11) is 0. The van der Waals surface area contributed by atoms with Crippen LogP contribution in [0.15, 0.2) is 54.9 Å². The Morgan fingerprint density at radius 3 is 2.52 bits per heavy atom. The van der Waals surface area contributed by atoms with E-state index in [2.05, 4.69) is 20.6 Å². The van der Waals surface area contributed by atoms with Gasteiger partial charge < -0.3 is 10.6 Å². The summed E-state index contributed by atoms with van der Waals surface area (Å²) in [5, 5.41) is 7.01. The molecule has 0 saturated heterocycles. The molecule has 2 N–H and O–H groups in total. The third kappa shape index (κ3) is 4.47. The number of aryl methyl sites for hydroxylation is 1. The first-order chi connectivity index (χ1) is 12.0. The van der Waals surface area contributed by atoms with Crippen molar-refractivity contribution in [2.45, 2.75) is 6.92 Å². The lowest BCUT2D eigenvalue weighted by atomic mass is 10.2. The van der Waals surface area contributed by atoms with E-state index in [1.807, 2.05) is 25.1 Å². The average Bonchev–Trinajstić information content (AvgIpc) is 2.59. The summed E-state index contributed by atoms with van der Waals surface area (Å²) in [5.74, 6) is 0.152. The van der Waals surface area contributed by atoms with Gasteiger partial charge in [0.1, 0.15) is 11.5 Å². The smallest absolute Gasteiger partial charge is 0.275 e. The number of rotatable bonds is 4. The molecule has 0 aliphatic carbocycles. The van der Waals surface area contributed by atoms with E-state index in [4.69, 9.17) is 23.2 Å². The van der Waals surface area contributed by atoms with Gasteiger partial charge in [0.15, 0.2) is 0 Å². The summed E-state index contributed by atoms with van der Waals surface area (Å²) < 4.78 is 0. The van der Waals surface area contributed by atoms with Crippen LogP contribution in [-0.4, -0.2) is 15.9 Å². The van der Waals surface area contributed by atoms with Crippen molar-refractivity contribution in [3.63, 3.8) is 0 Å². The van der Waals surface area contributed by atoms with E-state index in [0.29, 0.717) is 21.6 Å². The highest BCUT2D eigenvalue weighted by Gasteiger charge is 2.09. The van der Waals surface area contributed by atoms with Gasteiger partial charge in [-0.2, -0.15) is 0 Å². The number of benzene rings is 2. The molecular formula is C18H14Cl2N4O. The fourth-order valence-electron chi connectivity index (χ4n) is 2.09. The number of aromatic nitrogens is 2. The number of halogens is 2. The van der Waals surface area contributed by atoms with Crippen LogP contribution in [-0.2, 0) is 0 Å². The van der Waals surface area contributed by atoms with E-state index in [1.165, 1.54) is 12.4 Å². The van der Waals surface area contributed by atoms with Gasteiger partial charge in [0.2, 0.25) is 0 Å². The molecule has 0 aliphatic rings. The summed E-state index contributed by atoms with van der Waals surface area (Å²) in [4.78, 5) is 20.6. The topological polar surface area (TPSA) is 66.9 Å². The molecule has 1 amide bonds. The minimum atomic E-state index is -0.360. The number of carbonyl (C=O) groups excluding carboxylic acids is 1. The molecule has 5 nitrogen and oxygen atoms in total. The van der Waals surface area contributed by atoms with Crippen molar-refractivity contribution in [1.82, 2.24) is 9.97 Å². The Labute approximate surface area is 155 Å². The van der Waals surface area contributed by atoms with E-state index in [9.17, 15) is 4.79 Å². The molecule has 0 bridgehead atoms. The lowest BCUT2D eigenvalue weighted by molar-refractivity contribution is 0.102. The summed E-state index contributed by atoms with van der Waals surface area (Å²) in [5.41, 5.74) is 2.53.